The summed E-state index contributed by atoms with van der Waals surface area (Å²) in [4.78, 5) is 2.49. The van der Waals surface area contributed by atoms with Crippen LogP contribution in [0.4, 0.5) is 17.1 Å². The Kier molecular flexibility index (Phi) is 10.5. The van der Waals surface area contributed by atoms with Gasteiger partial charge in [0, 0.05) is 16.8 Å². The van der Waals surface area contributed by atoms with Gasteiger partial charge >= 0.3 is 0 Å². The third-order valence-electron chi connectivity index (χ3n) is 15.5. The summed E-state index contributed by atoms with van der Waals surface area (Å²) in [5, 5.41) is 7.37. The minimum Gasteiger partial charge on any atom is -0.310 e. The first-order valence-electron chi connectivity index (χ1n) is 25.7. The Bertz CT molecular complexity index is 4180. The number of anilines is 3. The molecule has 74 heavy (non-hydrogen) atoms. The number of nitrogens with zero attached hydrogens (tertiary/aromatic N) is 1. The zero-order chi connectivity index (χ0) is 49.0. The summed E-state index contributed by atoms with van der Waals surface area (Å²) < 4.78 is 0. The maximum atomic E-state index is 2.49. The van der Waals surface area contributed by atoms with Gasteiger partial charge in [0.25, 0.3) is 0 Å². The van der Waals surface area contributed by atoms with Crippen molar-refractivity contribution < 1.29 is 0 Å². The van der Waals surface area contributed by atoms with Crippen LogP contribution in [0.2, 0.25) is 0 Å². The predicted molar refractivity (Wildman–Crippen MR) is 313 cm³/mol. The van der Waals surface area contributed by atoms with Crippen LogP contribution in [0.5, 0.6) is 0 Å². The lowest BCUT2D eigenvalue weighted by atomic mass is 9.68. The van der Waals surface area contributed by atoms with Crippen LogP contribution in [0.1, 0.15) is 22.3 Å². The molecule has 0 radical (unpaired) electrons. The van der Waals surface area contributed by atoms with Gasteiger partial charge in [0.15, 0.2) is 0 Å². The van der Waals surface area contributed by atoms with E-state index >= 15 is 0 Å². The van der Waals surface area contributed by atoms with Crippen LogP contribution in [-0.4, -0.2) is 0 Å². The molecule has 0 amide bonds. The molecule has 13 aromatic carbocycles. The van der Waals surface area contributed by atoms with E-state index in [0.717, 1.165) is 28.2 Å². The highest BCUT2D eigenvalue weighted by molar-refractivity contribution is 6.22. The largest absolute Gasteiger partial charge is 0.310 e. The lowest BCUT2D eigenvalue weighted by Gasteiger charge is -2.34. The molecule has 13 aromatic rings. The van der Waals surface area contributed by atoms with Gasteiger partial charge in [0.1, 0.15) is 0 Å². The fourth-order valence-corrected chi connectivity index (χ4v) is 12.4. The number of hydrogen-bond donors (Lipinski definition) is 0. The topological polar surface area (TPSA) is 3.24 Å². The first-order chi connectivity index (χ1) is 36.7. The molecular formula is C73H49N. The average Bonchev–Trinajstić information content (AvgIpc) is 3.86. The highest BCUT2D eigenvalue weighted by Crippen LogP contribution is 2.57. The molecule has 14 rings (SSSR count). The molecule has 0 fully saturated rings. The first-order valence-corrected chi connectivity index (χ1v) is 25.7. The molecule has 1 aliphatic carbocycles. The van der Waals surface area contributed by atoms with Crippen molar-refractivity contribution in [1.82, 2.24) is 0 Å². The molecular weight excluding hydrogens is 891 g/mol. The molecule has 0 N–H and O–H groups in total. The summed E-state index contributed by atoms with van der Waals surface area (Å²) in [6.07, 6.45) is 0. The molecule has 346 valence electrons. The van der Waals surface area contributed by atoms with E-state index in [4.69, 9.17) is 0 Å². The predicted octanol–water partition coefficient (Wildman–Crippen LogP) is 19.6. The summed E-state index contributed by atoms with van der Waals surface area (Å²) in [6.45, 7) is 0. The molecule has 0 bridgehead atoms. The summed E-state index contributed by atoms with van der Waals surface area (Å²) in [6, 6.07) is 110. The van der Waals surface area contributed by atoms with Gasteiger partial charge in [-0.05, 0) is 141 Å². The molecule has 1 aliphatic rings. The van der Waals surface area contributed by atoms with Gasteiger partial charge in [-0.1, -0.05) is 261 Å². The normalized spacial score (nSPS) is 12.4. The van der Waals surface area contributed by atoms with E-state index in [9.17, 15) is 0 Å². The van der Waals surface area contributed by atoms with Gasteiger partial charge in [0.2, 0.25) is 0 Å². The Balaban J connectivity index is 1.01. The third kappa shape index (κ3) is 6.93. The Morgan fingerprint density at radius 3 is 1.39 bits per heavy atom. The lowest BCUT2D eigenvalue weighted by Crippen LogP contribution is -2.28. The molecule has 1 heteroatoms. The Hall–Kier alpha value is -9.56. The van der Waals surface area contributed by atoms with Crippen molar-refractivity contribution >= 4 is 49.4 Å². The van der Waals surface area contributed by atoms with E-state index in [1.807, 2.05) is 0 Å². The van der Waals surface area contributed by atoms with Gasteiger partial charge in [-0.15, -0.1) is 0 Å². The molecule has 1 nitrogen and oxygen atoms in total. The smallest absolute Gasteiger partial charge is 0.0713 e. The van der Waals surface area contributed by atoms with Crippen molar-refractivity contribution in [2.24, 2.45) is 0 Å². The van der Waals surface area contributed by atoms with E-state index in [0.29, 0.717) is 0 Å². The number of hydrogen-bond acceptors (Lipinski definition) is 1. The van der Waals surface area contributed by atoms with Crippen molar-refractivity contribution in [2.45, 2.75) is 5.41 Å². The number of fused-ring (bicyclic) bond motifs is 7. The fraction of sp³-hybridized carbons (Fsp3) is 0.0137. The number of rotatable bonds is 9. The number of benzene rings is 13. The van der Waals surface area contributed by atoms with Crippen molar-refractivity contribution in [2.75, 3.05) is 4.90 Å². The van der Waals surface area contributed by atoms with Gasteiger partial charge in [-0.3, -0.25) is 0 Å². The highest BCUT2D eigenvalue weighted by atomic mass is 15.1. The SMILES string of the molecule is c1ccc(-c2ccc(N(c3cccc(-c4ccc5c(c4)c(-c4ccccc4)c(-c4ccccc4)c4ccccc45)c3)c3ccc4c(c3)-c3ccccc3C4(c3ccccc3)c3ccccc3)c3ccccc23)cc1. The first kappa shape index (κ1) is 43.2. The van der Waals surface area contributed by atoms with Crippen molar-refractivity contribution in [3.05, 3.63) is 320 Å². The maximum absolute atomic E-state index is 2.49. The van der Waals surface area contributed by atoms with Crippen LogP contribution < -0.4 is 4.90 Å². The maximum Gasteiger partial charge on any atom is 0.0713 e. The highest BCUT2D eigenvalue weighted by Gasteiger charge is 2.46. The van der Waals surface area contributed by atoms with Gasteiger partial charge in [-0.2, -0.15) is 0 Å². The van der Waals surface area contributed by atoms with Crippen LogP contribution in [-0.2, 0) is 5.41 Å². The van der Waals surface area contributed by atoms with Crippen LogP contribution >= 0.6 is 0 Å². The second kappa shape index (κ2) is 17.9. The van der Waals surface area contributed by atoms with Crippen molar-refractivity contribution in [3.63, 3.8) is 0 Å². The van der Waals surface area contributed by atoms with Crippen LogP contribution in [0.25, 0.3) is 88.0 Å². The van der Waals surface area contributed by atoms with Gasteiger partial charge < -0.3 is 4.90 Å². The summed E-state index contributed by atoms with van der Waals surface area (Å²) in [7, 11) is 0. The van der Waals surface area contributed by atoms with Crippen LogP contribution in [0, 0.1) is 0 Å². The Morgan fingerprint density at radius 2 is 0.716 bits per heavy atom. The summed E-state index contributed by atoms with van der Waals surface area (Å²) in [5.41, 5.74) is 20.0. The van der Waals surface area contributed by atoms with E-state index < -0.39 is 5.41 Å². The van der Waals surface area contributed by atoms with Gasteiger partial charge in [0.05, 0.1) is 11.1 Å². The summed E-state index contributed by atoms with van der Waals surface area (Å²) >= 11 is 0. The Morgan fingerprint density at radius 1 is 0.230 bits per heavy atom. The minimum atomic E-state index is -0.498. The molecule has 0 saturated heterocycles. The summed E-state index contributed by atoms with van der Waals surface area (Å²) in [5.74, 6) is 0. The van der Waals surface area contributed by atoms with Gasteiger partial charge in [-0.25, -0.2) is 0 Å². The standard InChI is InChI=1S/C73H49N/c1-6-23-50(24-7-1)59-44-46-70(64-38-18-16-35-60(59)64)74(58-42-45-69-66(49-58)63-37-20-21-40-68(63)73(69,55-30-12-4-13-31-55)56-32-14-5-15-33-56)57-34-22-29-53(47-57)54-41-43-62-61-36-17-19-39-65(61)71(51-25-8-2-9-26-51)72(67(62)48-54)52-27-10-3-11-28-52/h1-49H. The molecule has 0 atom stereocenters. The minimum absolute atomic E-state index is 0.498. The van der Waals surface area contributed by atoms with Crippen molar-refractivity contribution in [3.8, 4) is 55.6 Å². The zero-order valence-corrected chi connectivity index (χ0v) is 40.7. The zero-order valence-electron chi connectivity index (χ0n) is 40.7. The van der Waals surface area contributed by atoms with E-state index in [1.165, 1.54) is 99.1 Å². The van der Waals surface area contributed by atoms with Crippen LogP contribution in [0.3, 0.4) is 0 Å². The Labute approximate surface area is 432 Å². The third-order valence-corrected chi connectivity index (χ3v) is 15.5. The molecule has 0 spiro atoms. The van der Waals surface area contributed by atoms with Crippen LogP contribution in [0.15, 0.2) is 297 Å². The lowest BCUT2D eigenvalue weighted by molar-refractivity contribution is 0.768. The quantitative estimate of drug-likeness (QED) is 0.130. The molecule has 0 heterocycles. The fourth-order valence-electron chi connectivity index (χ4n) is 12.4. The monoisotopic (exact) mass is 939 g/mol. The second-order valence-electron chi connectivity index (χ2n) is 19.5. The average molecular weight is 940 g/mol. The van der Waals surface area contributed by atoms with E-state index in [1.54, 1.807) is 0 Å². The molecule has 0 unspecified atom stereocenters. The molecule has 0 aromatic heterocycles. The molecule has 0 aliphatic heterocycles. The van der Waals surface area contributed by atoms with E-state index in [-0.39, 0.29) is 0 Å². The second-order valence-corrected chi connectivity index (χ2v) is 19.5. The van der Waals surface area contributed by atoms with E-state index in [2.05, 4.69) is 302 Å². The van der Waals surface area contributed by atoms with Crippen molar-refractivity contribution in [1.29, 1.82) is 0 Å². The molecule has 0 saturated carbocycles.